The third-order valence-electron chi connectivity index (χ3n) is 3.32. The summed E-state index contributed by atoms with van der Waals surface area (Å²) >= 11 is 12.0. The first-order valence-electron chi connectivity index (χ1n) is 5.67. The standard InChI is InChI=1S/C13H15Cl2NO2/c1-12(8-13(12,14)15)11(17)16-10-6-4-3-5-9(10)7-18-2/h3-6H,7-8H2,1-2H3,(H,16,17)/t12-/m1/s1. The van der Waals surface area contributed by atoms with Crippen LogP contribution in [0.15, 0.2) is 24.3 Å². The molecule has 1 aromatic rings. The van der Waals surface area contributed by atoms with E-state index in [0.29, 0.717) is 13.0 Å². The molecule has 98 valence electrons. The monoisotopic (exact) mass is 287 g/mol. The van der Waals surface area contributed by atoms with Gasteiger partial charge in [0, 0.05) is 18.4 Å². The fraction of sp³-hybridized carbons (Fsp3) is 0.462. The lowest BCUT2D eigenvalue weighted by molar-refractivity contribution is -0.120. The maximum atomic E-state index is 12.1. The molecule has 3 nitrogen and oxygen atoms in total. The van der Waals surface area contributed by atoms with Gasteiger partial charge in [-0.05, 0) is 19.4 Å². The number of ether oxygens (including phenoxy) is 1. The van der Waals surface area contributed by atoms with Crippen LogP contribution in [0.2, 0.25) is 0 Å². The summed E-state index contributed by atoms with van der Waals surface area (Å²) in [4.78, 5) is 12.1. The number of alkyl halides is 2. The van der Waals surface area contributed by atoms with Crippen LogP contribution in [0.1, 0.15) is 18.9 Å². The van der Waals surface area contributed by atoms with Crippen LogP contribution in [0, 0.1) is 5.41 Å². The van der Waals surface area contributed by atoms with E-state index in [2.05, 4.69) is 5.32 Å². The van der Waals surface area contributed by atoms with E-state index >= 15 is 0 Å². The van der Waals surface area contributed by atoms with Crippen LogP contribution in [0.5, 0.6) is 0 Å². The van der Waals surface area contributed by atoms with E-state index in [1.165, 1.54) is 0 Å². The second-order valence-corrected chi connectivity index (χ2v) is 6.24. The van der Waals surface area contributed by atoms with Crippen molar-refractivity contribution in [2.24, 2.45) is 5.41 Å². The summed E-state index contributed by atoms with van der Waals surface area (Å²) in [5.41, 5.74) is 0.949. The molecule has 1 atom stereocenters. The first kappa shape index (κ1) is 13.7. The van der Waals surface area contributed by atoms with Crippen molar-refractivity contribution in [1.82, 2.24) is 0 Å². The number of methoxy groups -OCH3 is 1. The molecule has 0 aromatic heterocycles. The Labute approximate surface area is 116 Å². The van der Waals surface area contributed by atoms with Crippen molar-refractivity contribution >= 4 is 34.8 Å². The number of nitrogens with one attached hydrogen (secondary N) is 1. The van der Waals surface area contributed by atoms with E-state index in [1.54, 1.807) is 14.0 Å². The molecule has 2 rings (SSSR count). The Bertz CT molecular complexity index is 476. The molecule has 0 radical (unpaired) electrons. The average molecular weight is 288 g/mol. The summed E-state index contributed by atoms with van der Waals surface area (Å²) in [6, 6.07) is 7.50. The number of hydrogen-bond donors (Lipinski definition) is 1. The Balaban J connectivity index is 2.13. The Morgan fingerprint density at radius 2 is 2.06 bits per heavy atom. The van der Waals surface area contributed by atoms with Crippen LogP contribution in [0.4, 0.5) is 5.69 Å². The van der Waals surface area contributed by atoms with Crippen LogP contribution >= 0.6 is 23.2 Å². The topological polar surface area (TPSA) is 38.3 Å². The molecule has 5 heteroatoms. The predicted octanol–water partition coefficient (Wildman–Crippen LogP) is 3.36. The van der Waals surface area contributed by atoms with Crippen LogP contribution in [-0.4, -0.2) is 17.4 Å². The van der Waals surface area contributed by atoms with E-state index in [4.69, 9.17) is 27.9 Å². The highest BCUT2D eigenvalue weighted by atomic mass is 35.5. The highest BCUT2D eigenvalue weighted by Gasteiger charge is 2.67. The lowest BCUT2D eigenvalue weighted by Gasteiger charge is -2.15. The van der Waals surface area contributed by atoms with Gasteiger partial charge in [0.05, 0.1) is 12.0 Å². The molecule has 1 amide bonds. The van der Waals surface area contributed by atoms with E-state index in [0.717, 1.165) is 11.3 Å². The molecule has 0 saturated heterocycles. The minimum absolute atomic E-state index is 0.156. The fourth-order valence-corrected chi connectivity index (χ4v) is 2.54. The average Bonchev–Trinajstić information content (AvgIpc) is 2.83. The van der Waals surface area contributed by atoms with Crippen molar-refractivity contribution in [3.8, 4) is 0 Å². The van der Waals surface area contributed by atoms with Gasteiger partial charge in [0.25, 0.3) is 0 Å². The first-order chi connectivity index (χ1) is 8.40. The number of hydrogen-bond acceptors (Lipinski definition) is 2. The molecule has 0 bridgehead atoms. The smallest absolute Gasteiger partial charge is 0.233 e. The normalized spacial score (nSPS) is 24.7. The lowest BCUT2D eigenvalue weighted by atomic mass is 10.1. The predicted molar refractivity (Wildman–Crippen MR) is 72.9 cm³/mol. The van der Waals surface area contributed by atoms with Gasteiger partial charge in [-0.25, -0.2) is 0 Å². The first-order valence-corrected chi connectivity index (χ1v) is 6.42. The largest absolute Gasteiger partial charge is 0.380 e. The molecule has 1 aliphatic rings. The molecule has 1 aliphatic carbocycles. The number of para-hydroxylation sites is 1. The molecule has 0 spiro atoms. The number of anilines is 1. The van der Waals surface area contributed by atoms with Crippen LogP contribution in [0.25, 0.3) is 0 Å². The Morgan fingerprint density at radius 1 is 1.44 bits per heavy atom. The van der Waals surface area contributed by atoms with Gasteiger partial charge in [0.2, 0.25) is 5.91 Å². The second-order valence-electron chi connectivity index (χ2n) is 4.76. The quantitative estimate of drug-likeness (QED) is 0.863. The van der Waals surface area contributed by atoms with Crippen molar-refractivity contribution in [2.75, 3.05) is 12.4 Å². The number of rotatable bonds is 4. The number of carbonyl (C=O) groups excluding carboxylic acids is 1. The Hall–Kier alpha value is -0.770. The Kier molecular flexibility index (Phi) is 3.58. The van der Waals surface area contributed by atoms with Gasteiger partial charge in [-0.15, -0.1) is 23.2 Å². The van der Waals surface area contributed by atoms with Gasteiger partial charge in [-0.1, -0.05) is 18.2 Å². The van der Waals surface area contributed by atoms with E-state index in [-0.39, 0.29) is 5.91 Å². The molecule has 1 fully saturated rings. The van der Waals surface area contributed by atoms with E-state index in [9.17, 15) is 4.79 Å². The zero-order chi connectivity index (χ0) is 13.4. The SMILES string of the molecule is COCc1ccccc1NC(=O)[C@@]1(C)CC1(Cl)Cl. The molecule has 1 saturated carbocycles. The van der Waals surface area contributed by atoms with Crippen LogP contribution in [-0.2, 0) is 16.1 Å². The van der Waals surface area contributed by atoms with E-state index < -0.39 is 9.75 Å². The Morgan fingerprint density at radius 3 is 2.61 bits per heavy atom. The molecule has 0 aliphatic heterocycles. The molecule has 0 heterocycles. The molecular weight excluding hydrogens is 273 g/mol. The molecule has 0 unspecified atom stereocenters. The molecular formula is C13H15Cl2NO2. The maximum absolute atomic E-state index is 12.1. The number of amides is 1. The van der Waals surface area contributed by atoms with Gasteiger partial charge in [-0.3, -0.25) is 4.79 Å². The lowest BCUT2D eigenvalue weighted by Crippen LogP contribution is -2.26. The van der Waals surface area contributed by atoms with Crippen molar-refractivity contribution in [3.05, 3.63) is 29.8 Å². The zero-order valence-electron chi connectivity index (χ0n) is 10.3. The summed E-state index contributed by atoms with van der Waals surface area (Å²) in [7, 11) is 1.61. The summed E-state index contributed by atoms with van der Waals surface area (Å²) < 4.78 is 4.14. The molecule has 18 heavy (non-hydrogen) atoms. The third-order valence-corrected chi connectivity index (χ3v) is 4.43. The van der Waals surface area contributed by atoms with Gasteiger partial charge < -0.3 is 10.1 Å². The number of carbonyl (C=O) groups is 1. The maximum Gasteiger partial charge on any atom is 0.233 e. The summed E-state index contributed by atoms with van der Waals surface area (Å²) in [6.45, 7) is 2.21. The summed E-state index contributed by atoms with van der Waals surface area (Å²) in [5.74, 6) is -0.156. The van der Waals surface area contributed by atoms with Crippen molar-refractivity contribution in [1.29, 1.82) is 0 Å². The summed E-state index contributed by atoms with van der Waals surface area (Å²) in [6.07, 6.45) is 0.474. The zero-order valence-corrected chi connectivity index (χ0v) is 11.8. The van der Waals surface area contributed by atoms with Gasteiger partial charge in [0.1, 0.15) is 4.33 Å². The van der Waals surface area contributed by atoms with Gasteiger partial charge >= 0.3 is 0 Å². The number of benzene rings is 1. The molecule has 1 N–H and O–H groups in total. The van der Waals surface area contributed by atoms with Crippen LogP contribution in [0.3, 0.4) is 0 Å². The highest BCUT2D eigenvalue weighted by molar-refractivity contribution is 6.53. The van der Waals surface area contributed by atoms with Crippen molar-refractivity contribution in [2.45, 2.75) is 24.3 Å². The van der Waals surface area contributed by atoms with E-state index in [1.807, 2.05) is 24.3 Å². The van der Waals surface area contributed by atoms with Gasteiger partial charge in [-0.2, -0.15) is 0 Å². The third kappa shape index (κ3) is 2.35. The van der Waals surface area contributed by atoms with Crippen molar-refractivity contribution in [3.63, 3.8) is 0 Å². The fourth-order valence-electron chi connectivity index (χ4n) is 1.83. The minimum atomic E-state index is -0.951. The van der Waals surface area contributed by atoms with Gasteiger partial charge in [0.15, 0.2) is 0 Å². The summed E-state index contributed by atoms with van der Waals surface area (Å²) in [5, 5.41) is 2.87. The molecule has 1 aromatic carbocycles. The second kappa shape index (κ2) is 4.72. The van der Waals surface area contributed by atoms with Crippen LogP contribution < -0.4 is 5.32 Å². The minimum Gasteiger partial charge on any atom is -0.380 e. The van der Waals surface area contributed by atoms with Crippen molar-refractivity contribution < 1.29 is 9.53 Å². The number of halogens is 2. The highest BCUT2D eigenvalue weighted by Crippen LogP contribution is 2.64.